The molecule has 0 heterocycles. The van der Waals surface area contributed by atoms with Gasteiger partial charge in [-0.1, -0.05) is 19.0 Å². The van der Waals surface area contributed by atoms with Gasteiger partial charge in [-0.3, -0.25) is 4.79 Å². The molecule has 0 rings (SSSR count). The number of carbonyl (C=O) groups excluding carboxylic acids is 1. The van der Waals surface area contributed by atoms with Gasteiger partial charge in [-0.25, -0.2) is 0 Å². The lowest BCUT2D eigenvalue weighted by Crippen LogP contribution is -2.45. The van der Waals surface area contributed by atoms with Crippen molar-refractivity contribution >= 4 is 11.7 Å². The van der Waals surface area contributed by atoms with Gasteiger partial charge in [-0.05, 0) is 6.92 Å². The fourth-order valence-electron chi connectivity index (χ4n) is 0.880. The fourth-order valence-corrected chi connectivity index (χ4v) is 0.880. The van der Waals surface area contributed by atoms with E-state index >= 15 is 0 Å². The highest BCUT2D eigenvalue weighted by atomic mass is 16.4. The normalized spacial score (nSPS) is 14.4. The number of amides is 1. The molecule has 1 atom stereocenters. The second-order valence-electron chi connectivity index (χ2n) is 3.30. The van der Waals surface area contributed by atoms with Crippen LogP contribution in [0.5, 0.6) is 0 Å². The molecule has 0 radical (unpaired) electrons. The van der Waals surface area contributed by atoms with Crippen LogP contribution in [0.25, 0.3) is 0 Å². The van der Waals surface area contributed by atoms with Crippen LogP contribution in [0.3, 0.4) is 0 Å². The highest BCUT2D eigenvalue weighted by Gasteiger charge is 2.20. The van der Waals surface area contributed by atoms with Gasteiger partial charge in [0.25, 0.3) is 0 Å². The maximum atomic E-state index is 11.4. The van der Waals surface area contributed by atoms with Gasteiger partial charge >= 0.3 is 0 Å². The van der Waals surface area contributed by atoms with E-state index in [1.807, 2.05) is 0 Å². The van der Waals surface area contributed by atoms with Crippen molar-refractivity contribution in [1.29, 1.82) is 0 Å². The number of likely N-dealkylation sites (N-methyl/N-ethyl adjacent to an activating group) is 1. The van der Waals surface area contributed by atoms with Crippen LogP contribution in [0, 0.1) is 5.92 Å². The summed E-state index contributed by atoms with van der Waals surface area (Å²) in [5.74, 6) is -0.0745. The van der Waals surface area contributed by atoms with Crippen molar-refractivity contribution < 1.29 is 10.0 Å². The van der Waals surface area contributed by atoms with E-state index in [4.69, 9.17) is 10.9 Å². The van der Waals surface area contributed by atoms with Crippen LogP contribution in [-0.4, -0.2) is 34.9 Å². The van der Waals surface area contributed by atoms with Gasteiger partial charge in [0.1, 0.15) is 0 Å². The highest BCUT2D eigenvalue weighted by Crippen LogP contribution is 2.03. The molecule has 0 aliphatic carbocycles. The summed E-state index contributed by atoms with van der Waals surface area (Å²) in [6.45, 7) is 5.31. The number of hydrogen-bond donors (Lipinski definition) is 2. The smallest absolute Gasteiger partial charge is 0.225 e. The molecule has 76 valence electrons. The summed E-state index contributed by atoms with van der Waals surface area (Å²) in [5.41, 5.74) is 5.36. The van der Waals surface area contributed by atoms with E-state index in [2.05, 4.69) is 5.16 Å². The molecule has 1 amide bonds. The van der Waals surface area contributed by atoms with Crippen LogP contribution < -0.4 is 5.73 Å². The Kier molecular flexibility index (Phi) is 4.23. The number of nitrogens with zero attached hydrogens (tertiary/aromatic N) is 2. The molecule has 5 heteroatoms. The predicted molar refractivity (Wildman–Crippen MR) is 50.5 cm³/mol. The van der Waals surface area contributed by atoms with E-state index < -0.39 is 0 Å². The quantitative estimate of drug-likeness (QED) is 0.287. The van der Waals surface area contributed by atoms with E-state index in [0.717, 1.165) is 0 Å². The van der Waals surface area contributed by atoms with Gasteiger partial charge in [-0.15, -0.1) is 0 Å². The van der Waals surface area contributed by atoms with E-state index in [1.165, 1.54) is 4.90 Å². The van der Waals surface area contributed by atoms with Gasteiger partial charge in [-0.2, -0.15) is 0 Å². The largest absolute Gasteiger partial charge is 0.409 e. The zero-order valence-corrected chi connectivity index (χ0v) is 8.48. The summed E-state index contributed by atoms with van der Waals surface area (Å²) in [7, 11) is 1.63. The summed E-state index contributed by atoms with van der Waals surface area (Å²) in [4.78, 5) is 12.9. The first-order valence-electron chi connectivity index (χ1n) is 4.15. The number of rotatable bonds is 3. The van der Waals surface area contributed by atoms with Crippen molar-refractivity contribution in [1.82, 2.24) is 4.90 Å². The Labute approximate surface area is 78.2 Å². The van der Waals surface area contributed by atoms with Crippen LogP contribution >= 0.6 is 0 Å². The molecular formula is C8H17N3O2. The Bertz CT molecular complexity index is 213. The van der Waals surface area contributed by atoms with Crippen LogP contribution in [0.2, 0.25) is 0 Å². The molecule has 0 saturated heterocycles. The van der Waals surface area contributed by atoms with E-state index in [0.29, 0.717) is 0 Å². The third kappa shape index (κ3) is 2.93. The third-order valence-corrected chi connectivity index (χ3v) is 1.97. The lowest BCUT2D eigenvalue weighted by atomic mass is 10.1. The van der Waals surface area contributed by atoms with Crippen LogP contribution in [0.4, 0.5) is 0 Å². The van der Waals surface area contributed by atoms with E-state index in [9.17, 15) is 4.79 Å². The molecule has 3 N–H and O–H groups in total. The summed E-state index contributed by atoms with van der Waals surface area (Å²) >= 11 is 0. The van der Waals surface area contributed by atoms with Gasteiger partial charge < -0.3 is 15.8 Å². The minimum absolute atomic E-state index is 0.0286. The van der Waals surface area contributed by atoms with Crippen molar-refractivity contribution in [2.45, 2.75) is 26.8 Å². The summed E-state index contributed by atoms with van der Waals surface area (Å²) in [6.07, 6.45) is 0. The average molecular weight is 187 g/mol. The van der Waals surface area contributed by atoms with Crippen molar-refractivity contribution in [2.24, 2.45) is 16.8 Å². The number of hydrogen-bond acceptors (Lipinski definition) is 3. The number of nitrogens with two attached hydrogens (primary N) is 1. The molecular weight excluding hydrogens is 170 g/mol. The fraction of sp³-hybridized carbons (Fsp3) is 0.750. The Morgan fingerprint density at radius 1 is 1.46 bits per heavy atom. The van der Waals surface area contributed by atoms with Crippen LogP contribution in [0.1, 0.15) is 20.8 Å². The minimum atomic E-state index is -0.375. The zero-order valence-electron chi connectivity index (χ0n) is 8.48. The molecule has 1 unspecified atom stereocenters. The SMILES string of the molecule is CC(C)C(=O)N(C)C(C)C(N)=NO. The maximum Gasteiger partial charge on any atom is 0.225 e. The third-order valence-electron chi connectivity index (χ3n) is 1.97. The number of amidine groups is 1. The van der Waals surface area contributed by atoms with Crippen molar-refractivity contribution in [3.63, 3.8) is 0 Å². The highest BCUT2D eigenvalue weighted by molar-refractivity contribution is 5.89. The van der Waals surface area contributed by atoms with Crippen LogP contribution in [0.15, 0.2) is 5.16 Å². The van der Waals surface area contributed by atoms with Gasteiger partial charge in [0, 0.05) is 13.0 Å². The maximum absolute atomic E-state index is 11.4. The minimum Gasteiger partial charge on any atom is -0.409 e. The van der Waals surface area contributed by atoms with Gasteiger partial charge in [0.15, 0.2) is 5.84 Å². The number of oxime groups is 1. The van der Waals surface area contributed by atoms with E-state index in [-0.39, 0.29) is 23.7 Å². The Balaban J connectivity index is 4.43. The molecule has 0 aromatic heterocycles. The summed E-state index contributed by atoms with van der Waals surface area (Å²) in [5, 5.41) is 11.3. The predicted octanol–water partition coefficient (Wildman–Crippen LogP) is 0.236. The first-order chi connectivity index (χ1) is 5.91. The molecule has 0 aromatic carbocycles. The number of carbonyl (C=O) groups is 1. The summed E-state index contributed by atoms with van der Waals surface area (Å²) < 4.78 is 0. The molecule has 0 fully saturated rings. The Morgan fingerprint density at radius 3 is 2.23 bits per heavy atom. The average Bonchev–Trinajstić information content (AvgIpc) is 2.12. The van der Waals surface area contributed by atoms with Crippen molar-refractivity contribution in [2.75, 3.05) is 7.05 Å². The Hall–Kier alpha value is -1.26. The summed E-state index contributed by atoms with van der Waals surface area (Å²) in [6, 6.07) is -0.375. The molecule has 0 aromatic rings. The molecule has 0 bridgehead atoms. The second-order valence-corrected chi connectivity index (χ2v) is 3.30. The molecule has 5 nitrogen and oxygen atoms in total. The first kappa shape index (κ1) is 11.7. The molecule has 13 heavy (non-hydrogen) atoms. The monoisotopic (exact) mass is 187 g/mol. The first-order valence-corrected chi connectivity index (χ1v) is 4.15. The van der Waals surface area contributed by atoms with E-state index in [1.54, 1.807) is 27.8 Å². The van der Waals surface area contributed by atoms with Gasteiger partial charge in [0.05, 0.1) is 6.04 Å². The Morgan fingerprint density at radius 2 is 1.92 bits per heavy atom. The second kappa shape index (κ2) is 4.69. The molecule has 0 aliphatic rings. The molecule has 0 saturated carbocycles. The van der Waals surface area contributed by atoms with Crippen molar-refractivity contribution in [3.05, 3.63) is 0 Å². The standard InChI is InChI=1S/C8H17N3O2/c1-5(2)8(12)11(4)6(3)7(9)10-13/h5-6,13H,1-4H3,(H2,9,10). The van der Waals surface area contributed by atoms with Crippen molar-refractivity contribution in [3.8, 4) is 0 Å². The topological polar surface area (TPSA) is 78.9 Å². The van der Waals surface area contributed by atoms with Gasteiger partial charge in [0.2, 0.25) is 5.91 Å². The van der Waals surface area contributed by atoms with Crippen LogP contribution in [-0.2, 0) is 4.79 Å². The lowest BCUT2D eigenvalue weighted by Gasteiger charge is -2.25. The molecule has 0 spiro atoms. The lowest BCUT2D eigenvalue weighted by molar-refractivity contribution is -0.133. The zero-order chi connectivity index (χ0) is 10.6. The molecule has 0 aliphatic heterocycles.